The van der Waals surface area contributed by atoms with Gasteiger partial charge in [-0.25, -0.2) is 4.98 Å². The predicted octanol–water partition coefficient (Wildman–Crippen LogP) is 2.69. The minimum atomic E-state index is -0.394. The molecule has 0 saturated carbocycles. The summed E-state index contributed by atoms with van der Waals surface area (Å²) in [5.74, 6) is 1.03. The highest BCUT2D eigenvalue weighted by molar-refractivity contribution is 6.04. The first kappa shape index (κ1) is 17.8. The van der Waals surface area contributed by atoms with Crippen molar-refractivity contribution < 1.29 is 19.0 Å². The Bertz CT molecular complexity index is 776. The number of pyridine rings is 1. The third-order valence-corrected chi connectivity index (χ3v) is 5.02. The Kier molecular flexibility index (Phi) is 4.96. The molecule has 0 aliphatic carbocycles. The minimum Gasteiger partial charge on any atom is -0.497 e. The largest absolute Gasteiger partial charge is 0.497 e. The zero-order chi connectivity index (χ0) is 18.7. The number of hydrogen-bond acceptors (Lipinski definition) is 6. The van der Waals surface area contributed by atoms with E-state index in [2.05, 4.69) is 15.2 Å². The van der Waals surface area contributed by atoms with Gasteiger partial charge in [0.05, 0.1) is 25.9 Å². The van der Waals surface area contributed by atoms with Crippen LogP contribution < -0.4 is 15.0 Å². The van der Waals surface area contributed by atoms with Crippen LogP contribution in [0.4, 0.5) is 11.5 Å². The number of hydrogen-bond donors (Lipinski definition) is 1. The molecule has 1 spiro atoms. The minimum absolute atomic E-state index is 0.190. The maximum absolute atomic E-state index is 12.4. The Balaban J connectivity index is 1.36. The highest BCUT2D eigenvalue weighted by Gasteiger charge is 2.39. The molecule has 0 radical (unpaired) electrons. The molecule has 7 heteroatoms. The number of rotatable bonds is 4. The third-order valence-electron chi connectivity index (χ3n) is 5.02. The van der Waals surface area contributed by atoms with Crippen LogP contribution in [0.15, 0.2) is 42.6 Å². The van der Waals surface area contributed by atoms with Gasteiger partial charge in [-0.05, 0) is 36.4 Å². The smallest absolute Gasteiger partial charge is 0.257 e. The van der Waals surface area contributed by atoms with Crippen molar-refractivity contribution in [2.24, 2.45) is 0 Å². The number of ether oxygens (including phenoxy) is 3. The van der Waals surface area contributed by atoms with Crippen molar-refractivity contribution in [1.82, 2.24) is 4.98 Å². The van der Waals surface area contributed by atoms with E-state index < -0.39 is 5.79 Å². The molecule has 1 aromatic heterocycles. The van der Waals surface area contributed by atoms with Crippen molar-refractivity contribution in [3.05, 3.63) is 48.2 Å². The lowest BCUT2D eigenvalue weighted by Gasteiger charge is -2.38. The molecule has 4 rings (SSSR count). The molecular weight excluding hydrogens is 346 g/mol. The summed E-state index contributed by atoms with van der Waals surface area (Å²) in [4.78, 5) is 19.1. The number of methoxy groups -OCH3 is 1. The molecule has 1 amide bonds. The van der Waals surface area contributed by atoms with E-state index >= 15 is 0 Å². The molecule has 7 nitrogen and oxygen atoms in total. The van der Waals surface area contributed by atoms with Crippen LogP contribution in [0.3, 0.4) is 0 Å². The number of piperidine rings is 1. The maximum Gasteiger partial charge on any atom is 0.257 e. The summed E-state index contributed by atoms with van der Waals surface area (Å²) in [7, 11) is 1.61. The first-order valence-corrected chi connectivity index (χ1v) is 9.12. The first-order chi connectivity index (χ1) is 13.2. The Morgan fingerprint density at radius 3 is 2.41 bits per heavy atom. The molecule has 2 fully saturated rings. The summed E-state index contributed by atoms with van der Waals surface area (Å²) >= 11 is 0. The molecule has 2 aliphatic rings. The average Bonchev–Trinajstić information content (AvgIpc) is 3.17. The predicted molar refractivity (Wildman–Crippen MR) is 101 cm³/mol. The van der Waals surface area contributed by atoms with Gasteiger partial charge < -0.3 is 24.4 Å². The van der Waals surface area contributed by atoms with E-state index in [9.17, 15) is 4.79 Å². The van der Waals surface area contributed by atoms with Crippen LogP contribution in [-0.4, -0.2) is 50.1 Å². The molecule has 2 aliphatic heterocycles. The van der Waals surface area contributed by atoms with Gasteiger partial charge in [0.1, 0.15) is 11.6 Å². The van der Waals surface area contributed by atoms with Crippen LogP contribution in [0.5, 0.6) is 5.75 Å². The summed E-state index contributed by atoms with van der Waals surface area (Å²) in [6.45, 7) is 3.00. The molecule has 0 atom stereocenters. The molecule has 2 aromatic rings. The molecular formula is C20H23N3O4. The first-order valence-electron chi connectivity index (χ1n) is 9.12. The number of nitrogens with zero attached hydrogens (tertiary/aromatic N) is 2. The normalized spacial score (nSPS) is 18.5. The maximum atomic E-state index is 12.4. The van der Waals surface area contributed by atoms with Crippen molar-refractivity contribution in [1.29, 1.82) is 0 Å². The Morgan fingerprint density at radius 2 is 1.81 bits per heavy atom. The number of aromatic nitrogens is 1. The van der Waals surface area contributed by atoms with Crippen molar-refractivity contribution in [2.45, 2.75) is 18.6 Å². The lowest BCUT2D eigenvalue weighted by atomic mass is 10.0. The van der Waals surface area contributed by atoms with E-state index in [0.29, 0.717) is 24.5 Å². The monoisotopic (exact) mass is 369 g/mol. The van der Waals surface area contributed by atoms with Gasteiger partial charge in [0, 0.05) is 37.8 Å². The summed E-state index contributed by atoms with van der Waals surface area (Å²) in [5.41, 5.74) is 1.23. The van der Waals surface area contributed by atoms with Gasteiger partial charge >= 0.3 is 0 Å². The molecule has 2 saturated heterocycles. The van der Waals surface area contributed by atoms with Gasteiger partial charge in [-0.2, -0.15) is 0 Å². The Morgan fingerprint density at radius 1 is 1.11 bits per heavy atom. The lowest BCUT2D eigenvalue weighted by molar-refractivity contribution is -0.169. The quantitative estimate of drug-likeness (QED) is 0.893. The SMILES string of the molecule is COc1ccc(NC(=O)c2ccc(N3CCC4(CC3)OCCO4)nc2)cc1. The summed E-state index contributed by atoms with van der Waals surface area (Å²) < 4.78 is 16.6. The van der Waals surface area contributed by atoms with Crippen molar-refractivity contribution in [2.75, 3.05) is 43.6 Å². The number of anilines is 2. The fourth-order valence-corrected chi connectivity index (χ4v) is 3.45. The highest BCUT2D eigenvalue weighted by atomic mass is 16.7. The van der Waals surface area contributed by atoms with E-state index in [1.54, 1.807) is 43.6 Å². The van der Waals surface area contributed by atoms with E-state index in [-0.39, 0.29) is 5.91 Å². The summed E-state index contributed by atoms with van der Waals surface area (Å²) in [6, 6.07) is 10.9. The van der Waals surface area contributed by atoms with Gasteiger partial charge in [-0.1, -0.05) is 0 Å². The zero-order valence-corrected chi connectivity index (χ0v) is 15.3. The van der Waals surface area contributed by atoms with E-state index in [4.69, 9.17) is 14.2 Å². The van der Waals surface area contributed by atoms with Gasteiger partial charge in [-0.3, -0.25) is 4.79 Å². The number of carbonyl (C=O) groups excluding carboxylic acids is 1. The van der Waals surface area contributed by atoms with Gasteiger partial charge in [0.2, 0.25) is 0 Å². The van der Waals surface area contributed by atoms with Crippen LogP contribution >= 0.6 is 0 Å². The van der Waals surface area contributed by atoms with E-state index in [0.717, 1.165) is 37.5 Å². The van der Waals surface area contributed by atoms with Crippen LogP contribution in [0.2, 0.25) is 0 Å². The van der Waals surface area contributed by atoms with Gasteiger partial charge in [-0.15, -0.1) is 0 Å². The van der Waals surface area contributed by atoms with Crippen molar-refractivity contribution in [3.8, 4) is 5.75 Å². The van der Waals surface area contributed by atoms with Crippen LogP contribution in [0.25, 0.3) is 0 Å². The molecule has 1 N–H and O–H groups in total. The number of carbonyl (C=O) groups is 1. The Hall–Kier alpha value is -2.64. The second-order valence-electron chi connectivity index (χ2n) is 6.68. The topological polar surface area (TPSA) is 72.9 Å². The van der Waals surface area contributed by atoms with Gasteiger partial charge in [0.15, 0.2) is 5.79 Å². The second-order valence-corrected chi connectivity index (χ2v) is 6.68. The molecule has 1 aromatic carbocycles. The van der Waals surface area contributed by atoms with Crippen LogP contribution in [0.1, 0.15) is 23.2 Å². The fourth-order valence-electron chi connectivity index (χ4n) is 3.45. The number of amides is 1. The molecule has 142 valence electrons. The van der Waals surface area contributed by atoms with Crippen molar-refractivity contribution in [3.63, 3.8) is 0 Å². The highest BCUT2D eigenvalue weighted by Crippen LogP contribution is 2.32. The second kappa shape index (κ2) is 7.54. The fraction of sp³-hybridized carbons (Fsp3) is 0.400. The van der Waals surface area contributed by atoms with E-state index in [1.807, 2.05) is 6.07 Å². The molecule has 27 heavy (non-hydrogen) atoms. The third kappa shape index (κ3) is 3.89. The number of benzene rings is 1. The Labute approximate surface area is 158 Å². The van der Waals surface area contributed by atoms with Crippen LogP contribution in [-0.2, 0) is 9.47 Å². The van der Waals surface area contributed by atoms with Gasteiger partial charge in [0.25, 0.3) is 5.91 Å². The molecule has 0 unspecified atom stereocenters. The standard InChI is InChI=1S/C20H23N3O4/c1-25-17-5-3-16(4-6-17)22-19(24)15-2-7-18(21-14-15)23-10-8-20(9-11-23)26-12-13-27-20/h2-7,14H,8-13H2,1H3,(H,22,24). The van der Waals surface area contributed by atoms with Crippen LogP contribution in [0, 0.1) is 0 Å². The number of nitrogens with one attached hydrogen (secondary N) is 1. The molecule has 0 bridgehead atoms. The summed E-state index contributed by atoms with van der Waals surface area (Å²) in [5, 5.41) is 2.86. The lowest BCUT2D eigenvalue weighted by Crippen LogP contribution is -2.45. The average molecular weight is 369 g/mol. The van der Waals surface area contributed by atoms with Crippen molar-refractivity contribution >= 4 is 17.4 Å². The van der Waals surface area contributed by atoms with E-state index in [1.165, 1.54) is 0 Å². The summed E-state index contributed by atoms with van der Waals surface area (Å²) in [6.07, 6.45) is 3.27. The zero-order valence-electron chi connectivity index (χ0n) is 15.3. The molecule has 3 heterocycles.